The molecule has 3 atom stereocenters. The minimum absolute atomic E-state index is 0.0171. The Bertz CT molecular complexity index is 1140. The Morgan fingerprint density at radius 3 is 2.56 bits per heavy atom. The highest BCUT2D eigenvalue weighted by molar-refractivity contribution is 5.79. The summed E-state index contributed by atoms with van der Waals surface area (Å²) in [5, 5.41) is 10.6. The number of ether oxygens (including phenoxy) is 2. The van der Waals surface area contributed by atoms with Crippen LogP contribution in [0.3, 0.4) is 0 Å². The van der Waals surface area contributed by atoms with E-state index in [9.17, 15) is 14.7 Å². The van der Waals surface area contributed by atoms with Gasteiger partial charge in [0.15, 0.2) is 0 Å². The lowest BCUT2D eigenvalue weighted by atomic mass is 9.90. The van der Waals surface area contributed by atoms with Crippen LogP contribution in [0.2, 0.25) is 0 Å². The molecule has 4 rings (SSSR count). The first kappa shape index (κ1) is 23.6. The van der Waals surface area contributed by atoms with Crippen molar-refractivity contribution in [3.63, 3.8) is 0 Å². The molecule has 34 heavy (non-hydrogen) atoms. The van der Waals surface area contributed by atoms with Gasteiger partial charge >= 0.3 is 6.16 Å². The van der Waals surface area contributed by atoms with E-state index in [0.29, 0.717) is 18.8 Å². The third-order valence-electron chi connectivity index (χ3n) is 6.46. The Kier molecular flexibility index (Phi) is 7.07. The second-order valence-electron chi connectivity index (χ2n) is 8.64. The summed E-state index contributed by atoms with van der Waals surface area (Å²) in [6, 6.07) is 14.8. The van der Waals surface area contributed by atoms with Crippen molar-refractivity contribution in [2.75, 3.05) is 33.8 Å². The molecule has 0 aliphatic carbocycles. The van der Waals surface area contributed by atoms with Gasteiger partial charge in [-0.1, -0.05) is 31.2 Å². The fraction of sp³-hybridized carbons (Fsp3) is 0.385. The molecule has 1 N–H and O–H groups in total. The quantitative estimate of drug-likeness (QED) is 0.488. The average molecular weight is 467 g/mol. The molecule has 1 aromatic heterocycles. The van der Waals surface area contributed by atoms with E-state index in [4.69, 9.17) is 13.9 Å². The van der Waals surface area contributed by atoms with Crippen molar-refractivity contribution >= 4 is 23.0 Å². The molecular formula is C26H30N2O6. The lowest BCUT2D eigenvalue weighted by molar-refractivity contribution is -0.131. The number of amides is 1. The van der Waals surface area contributed by atoms with Crippen LogP contribution in [-0.4, -0.2) is 66.9 Å². The van der Waals surface area contributed by atoms with Crippen molar-refractivity contribution in [2.45, 2.75) is 31.4 Å². The van der Waals surface area contributed by atoms with Crippen LogP contribution in [0.15, 0.2) is 59.2 Å². The van der Waals surface area contributed by atoms with E-state index in [-0.39, 0.29) is 18.4 Å². The van der Waals surface area contributed by atoms with Crippen LogP contribution < -0.4 is 4.74 Å². The van der Waals surface area contributed by atoms with Crippen molar-refractivity contribution in [2.24, 2.45) is 0 Å². The van der Waals surface area contributed by atoms with Gasteiger partial charge in [-0.15, -0.1) is 0 Å². The van der Waals surface area contributed by atoms with Crippen LogP contribution in [0.5, 0.6) is 5.75 Å². The number of carbonyl (C=O) groups is 2. The van der Waals surface area contributed by atoms with Gasteiger partial charge in [0.2, 0.25) is 5.91 Å². The zero-order chi connectivity index (χ0) is 24.2. The molecule has 0 saturated carbocycles. The lowest BCUT2D eigenvalue weighted by Crippen LogP contribution is -2.40. The number of carboxylic acid groups (broad SMARTS) is 1. The summed E-state index contributed by atoms with van der Waals surface area (Å²) in [6.45, 7) is 3.31. The first-order valence-corrected chi connectivity index (χ1v) is 11.4. The van der Waals surface area contributed by atoms with Crippen molar-refractivity contribution in [3.8, 4) is 5.75 Å². The van der Waals surface area contributed by atoms with E-state index in [2.05, 4.69) is 0 Å². The number of rotatable bonds is 8. The standard InChI is InChI=1S/C26H30N2O6/c1-4-12-27(2)23(29)16-28-15-21(19-6-5-17-11-13-33-22(17)14-19)25(34-26(30)31)24(28)18-7-9-20(32-3)10-8-18/h5-11,13-14,21,24-25H,4,12,15-16H2,1-3H3,(H,30,31)/t21-,24-,25+/m1/s1. The van der Waals surface area contributed by atoms with Crippen molar-refractivity contribution in [1.29, 1.82) is 0 Å². The maximum atomic E-state index is 13.0. The van der Waals surface area contributed by atoms with Gasteiger partial charge in [-0.3, -0.25) is 9.69 Å². The molecule has 2 aromatic carbocycles. The third kappa shape index (κ3) is 4.87. The van der Waals surface area contributed by atoms with Gasteiger partial charge in [-0.2, -0.15) is 0 Å². The number of hydrogen-bond acceptors (Lipinski definition) is 6. The monoisotopic (exact) mass is 466 g/mol. The maximum Gasteiger partial charge on any atom is 0.506 e. The topological polar surface area (TPSA) is 92.5 Å². The van der Waals surface area contributed by atoms with E-state index in [1.807, 2.05) is 60.4 Å². The fourth-order valence-corrected chi connectivity index (χ4v) is 4.78. The molecule has 0 spiro atoms. The summed E-state index contributed by atoms with van der Waals surface area (Å²) in [6.07, 6.45) is 0.440. The Labute approximate surface area is 198 Å². The largest absolute Gasteiger partial charge is 0.506 e. The number of nitrogens with zero attached hydrogens (tertiary/aromatic N) is 2. The molecule has 3 aromatic rings. The summed E-state index contributed by atoms with van der Waals surface area (Å²) in [5.74, 6) is 0.404. The average Bonchev–Trinajstić information content (AvgIpc) is 3.43. The Balaban J connectivity index is 1.73. The van der Waals surface area contributed by atoms with Gasteiger partial charge in [0.05, 0.1) is 26.0 Å². The first-order valence-electron chi connectivity index (χ1n) is 11.4. The zero-order valence-electron chi connectivity index (χ0n) is 19.6. The van der Waals surface area contributed by atoms with Gasteiger partial charge in [-0.25, -0.2) is 4.79 Å². The molecule has 1 aliphatic rings. The van der Waals surface area contributed by atoms with E-state index >= 15 is 0 Å². The number of likely N-dealkylation sites (N-methyl/N-ethyl adjacent to an activating group) is 1. The van der Waals surface area contributed by atoms with Crippen LogP contribution in [0.25, 0.3) is 11.0 Å². The van der Waals surface area contributed by atoms with Crippen molar-refractivity contribution in [1.82, 2.24) is 9.80 Å². The number of furan rings is 1. The molecule has 1 amide bonds. The van der Waals surface area contributed by atoms with Gasteiger partial charge < -0.3 is 23.9 Å². The van der Waals surface area contributed by atoms with Crippen LogP contribution in [0, 0.1) is 0 Å². The summed E-state index contributed by atoms with van der Waals surface area (Å²) in [4.78, 5) is 28.4. The van der Waals surface area contributed by atoms with E-state index < -0.39 is 18.3 Å². The molecule has 180 valence electrons. The van der Waals surface area contributed by atoms with Gasteiger partial charge in [0.1, 0.15) is 17.4 Å². The first-order chi connectivity index (χ1) is 16.4. The summed E-state index contributed by atoms with van der Waals surface area (Å²) in [5.41, 5.74) is 2.49. The molecule has 1 aliphatic heterocycles. The fourth-order valence-electron chi connectivity index (χ4n) is 4.78. The second-order valence-corrected chi connectivity index (χ2v) is 8.64. The number of likely N-dealkylation sites (tertiary alicyclic amines) is 1. The van der Waals surface area contributed by atoms with Crippen molar-refractivity contribution in [3.05, 3.63) is 65.9 Å². The van der Waals surface area contributed by atoms with Crippen LogP contribution in [-0.2, 0) is 9.53 Å². The molecule has 8 nitrogen and oxygen atoms in total. The van der Waals surface area contributed by atoms with Crippen molar-refractivity contribution < 1.29 is 28.6 Å². The van der Waals surface area contributed by atoms with Gasteiger partial charge in [0, 0.05) is 31.4 Å². The third-order valence-corrected chi connectivity index (χ3v) is 6.46. The Morgan fingerprint density at radius 1 is 1.15 bits per heavy atom. The number of benzene rings is 2. The molecule has 1 saturated heterocycles. The lowest BCUT2D eigenvalue weighted by Gasteiger charge is -2.29. The normalized spacial score (nSPS) is 20.4. The minimum atomic E-state index is -1.34. The van der Waals surface area contributed by atoms with Crippen LogP contribution >= 0.6 is 0 Å². The molecule has 2 heterocycles. The highest BCUT2D eigenvalue weighted by atomic mass is 16.7. The Morgan fingerprint density at radius 2 is 1.88 bits per heavy atom. The van der Waals surface area contributed by atoms with E-state index in [1.54, 1.807) is 25.3 Å². The molecule has 0 radical (unpaired) electrons. The number of fused-ring (bicyclic) bond motifs is 1. The van der Waals surface area contributed by atoms with E-state index in [0.717, 1.165) is 28.5 Å². The summed E-state index contributed by atoms with van der Waals surface area (Å²) in [7, 11) is 3.38. The summed E-state index contributed by atoms with van der Waals surface area (Å²) >= 11 is 0. The maximum absolute atomic E-state index is 13.0. The zero-order valence-corrected chi connectivity index (χ0v) is 19.6. The van der Waals surface area contributed by atoms with Gasteiger partial charge in [-0.05, 0) is 41.8 Å². The van der Waals surface area contributed by atoms with Gasteiger partial charge in [0.25, 0.3) is 0 Å². The smallest absolute Gasteiger partial charge is 0.497 e. The molecule has 0 bridgehead atoms. The molecule has 0 unspecified atom stereocenters. The number of hydrogen-bond donors (Lipinski definition) is 1. The predicted octanol–water partition coefficient (Wildman–Crippen LogP) is 4.51. The second kappa shape index (κ2) is 10.2. The van der Waals surface area contributed by atoms with E-state index in [1.165, 1.54) is 0 Å². The molecule has 8 heteroatoms. The number of carbonyl (C=O) groups excluding carboxylic acids is 1. The minimum Gasteiger partial charge on any atom is -0.497 e. The van der Waals surface area contributed by atoms with Crippen LogP contribution in [0.4, 0.5) is 4.79 Å². The molecule has 1 fully saturated rings. The highest BCUT2D eigenvalue weighted by Gasteiger charge is 2.46. The SMILES string of the molecule is CCCN(C)C(=O)CN1C[C@H](c2ccc3ccoc3c2)[C@H](OC(=O)O)[C@H]1c1ccc(OC)cc1. The predicted molar refractivity (Wildman–Crippen MR) is 127 cm³/mol. The summed E-state index contributed by atoms with van der Waals surface area (Å²) < 4.78 is 16.4. The Hall–Kier alpha value is -3.52. The highest BCUT2D eigenvalue weighted by Crippen LogP contribution is 2.43. The number of methoxy groups -OCH3 is 1. The molecular weight excluding hydrogens is 436 g/mol. The van der Waals surface area contributed by atoms with Crippen LogP contribution in [0.1, 0.15) is 36.4 Å².